The number of benzene rings is 1. The van der Waals surface area contributed by atoms with Crippen LogP contribution in [0.25, 0.3) is 0 Å². The van der Waals surface area contributed by atoms with Gasteiger partial charge in [0.2, 0.25) is 5.82 Å². The summed E-state index contributed by atoms with van der Waals surface area (Å²) in [6, 6.07) is 0. The van der Waals surface area contributed by atoms with E-state index < -0.39 is 46.1 Å². The molecule has 0 bridgehead atoms. The number of hydrogen-bond donors (Lipinski definition) is 0. The predicted molar refractivity (Wildman–Crippen MR) is 58.4 cm³/mol. The Morgan fingerprint density at radius 3 is 2.11 bits per heavy atom. The summed E-state index contributed by atoms with van der Waals surface area (Å²) in [6.45, 7) is 3.09. The highest BCUT2D eigenvalue weighted by Crippen LogP contribution is 2.35. The second kappa shape index (κ2) is 4.42. The minimum absolute atomic E-state index is 0.227. The van der Waals surface area contributed by atoms with E-state index in [1.807, 2.05) is 0 Å². The van der Waals surface area contributed by atoms with Gasteiger partial charge < -0.3 is 4.74 Å². The molecule has 0 aliphatic carbocycles. The monoisotopic (exact) mass is 271 g/mol. The molecular formula is C12H8F3NO3. The first-order chi connectivity index (χ1) is 8.95. The summed E-state index contributed by atoms with van der Waals surface area (Å²) in [7, 11) is 0.927. The highest BCUT2D eigenvalue weighted by molar-refractivity contribution is 6.21. The van der Waals surface area contributed by atoms with Gasteiger partial charge in [0.25, 0.3) is 11.8 Å². The van der Waals surface area contributed by atoms with Gasteiger partial charge in [-0.3, -0.25) is 14.5 Å². The topological polar surface area (TPSA) is 46.6 Å². The Morgan fingerprint density at radius 2 is 1.63 bits per heavy atom. The molecule has 1 aliphatic heterocycles. The Bertz CT molecular complexity index is 613. The Balaban J connectivity index is 2.76. The van der Waals surface area contributed by atoms with E-state index in [1.165, 1.54) is 6.08 Å². The lowest BCUT2D eigenvalue weighted by molar-refractivity contribution is 0.0669. The van der Waals surface area contributed by atoms with Gasteiger partial charge in [-0.2, -0.15) is 4.39 Å². The van der Waals surface area contributed by atoms with Gasteiger partial charge in [-0.15, -0.1) is 6.58 Å². The normalized spacial score (nSPS) is 13.8. The van der Waals surface area contributed by atoms with Crippen LogP contribution in [-0.2, 0) is 0 Å². The smallest absolute Gasteiger partial charge is 0.265 e. The summed E-state index contributed by atoms with van der Waals surface area (Å²) >= 11 is 0. The van der Waals surface area contributed by atoms with Crippen molar-refractivity contribution in [1.29, 1.82) is 0 Å². The second-order valence-corrected chi connectivity index (χ2v) is 3.73. The van der Waals surface area contributed by atoms with Gasteiger partial charge in [0.05, 0.1) is 18.2 Å². The maximum atomic E-state index is 13.9. The van der Waals surface area contributed by atoms with Gasteiger partial charge in [0.15, 0.2) is 17.4 Å². The van der Waals surface area contributed by atoms with Crippen LogP contribution in [0.3, 0.4) is 0 Å². The quantitative estimate of drug-likeness (QED) is 0.479. The number of imide groups is 1. The van der Waals surface area contributed by atoms with Crippen molar-refractivity contribution in [2.45, 2.75) is 0 Å². The van der Waals surface area contributed by atoms with E-state index in [2.05, 4.69) is 11.3 Å². The first-order valence-electron chi connectivity index (χ1n) is 5.17. The van der Waals surface area contributed by atoms with Crippen LogP contribution in [0.1, 0.15) is 20.7 Å². The number of carbonyl (C=O) groups excluding carboxylic acids is 2. The lowest BCUT2D eigenvalue weighted by Gasteiger charge is -2.09. The van der Waals surface area contributed by atoms with Crippen molar-refractivity contribution < 1.29 is 27.5 Å². The van der Waals surface area contributed by atoms with Crippen molar-refractivity contribution in [1.82, 2.24) is 4.90 Å². The van der Waals surface area contributed by atoms with Crippen molar-refractivity contribution in [3.05, 3.63) is 41.2 Å². The zero-order chi connectivity index (χ0) is 14.3. The van der Waals surface area contributed by atoms with Gasteiger partial charge in [-0.05, 0) is 0 Å². The van der Waals surface area contributed by atoms with Crippen LogP contribution < -0.4 is 4.74 Å². The van der Waals surface area contributed by atoms with Crippen molar-refractivity contribution in [3.63, 3.8) is 0 Å². The molecule has 100 valence electrons. The summed E-state index contributed by atoms with van der Waals surface area (Å²) in [6.07, 6.45) is 1.21. The maximum Gasteiger partial charge on any atom is 0.265 e. The lowest BCUT2D eigenvalue weighted by Crippen LogP contribution is -2.29. The van der Waals surface area contributed by atoms with Crippen LogP contribution in [0.15, 0.2) is 12.7 Å². The fourth-order valence-corrected chi connectivity index (χ4v) is 1.88. The molecule has 0 unspecified atom stereocenters. The average molecular weight is 271 g/mol. The molecule has 4 nitrogen and oxygen atoms in total. The first kappa shape index (κ1) is 13.1. The second-order valence-electron chi connectivity index (χ2n) is 3.73. The summed E-state index contributed by atoms with van der Waals surface area (Å²) in [5.41, 5.74) is -1.73. The third-order valence-corrected chi connectivity index (χ3v) is 2.71. The molecular weight excluding hydrogens is 263 g/mol. The van der Waals surface area contributed by atoms with Crippen molar-refractivity contribution >= 4 is 11.8 Å². The third-order valence-electron chi connectivity index (χ3n) is 2.71. The third kappa shape index (κ3) is 1.61. The summed E-state index contributed by atoms with van der Waals surface area (Å²) in [5, 5.41) is 0. The highest BCUT2D eigenvalue weighted by atomic mass is 19.2. The van der Waals surface area contributed by atoms with Crippen LogP contribution in [0.2, 0.25) is 0 Å². The Morgan fingerprint density at radius 1 is 1.11 bits per heavy atom. The largest absolute Gasteiger partial charge is 0.491 e. The van der Waals surface area contributed by atoms with Gasteiger partial charge in [-0.1, -0.05) is 6.08 Å². The van der Waals surface area contributed by atoms with Crippen molar-refractivity contribution in [3.8, 4) is 5.75 Å². The molecule has 1 heterocycles. The molecule has 7 heteroatoms. The van der Waals surface area contributed by atoms with Crippen LogP contribution in [0.5, 0.6) is 5.75 Å². The van der Waals surface area contributed by atoms with E-state index >= 15 is 0 Å². The number of hydrogen-bond acceptors (Lipinski definition) is 3. The van der Waals surface area contributed by atoms with Crippen molar-refractivity contribution in [2.24, 2.45) is 0 Å². The predicted octanol–water partition coefficient (Wildman–Crippen LogP) is 1.89. The molecule has 2 rings (SSSR count). The number of ether oxygens (including phenoxy) is 1. The van der Waals surface area contributed by atoms with Crippen LogP contribution in [0, 0.1) is 17.5 Å². The molecule has 0 fully saturated rings. The fraction of sp³-hybridized carbons (Fsp3) is 0.167. The number of halogens is 3. The number of methoxy groups -OCH3 is 1. The maximum absolute atomic E-state index is 13.9. The molecule has 0 saturated carbocycles. The number of fused-ring (bicyclic) bond motifs is 1. The molecule has 0 aromatic heterocycles. The Labute approximate surface area is 106 Å². The van der Waals surface area contributed by atoms with E-state index in [-0.39, 0.29) is 6.54 Å². The fourth-order valence-electron chi connectivity index (χ4n) is 1.88. The lowest BCUT2D eigenvalue weighted by atomic mass is 10.1. The van der Waals surface area contributed by atoms with Gasteiger partial charge in [-0.25, -0.2) is 8.78 Å². The van der Waals surface area contributed by atoms with Crippen molar-refractivity contribution in [2.75, 3.05) is 13.7 Å². The molecule has 0 saturated heterocycles. The molecule has 0 N–H and O–H groups in total. The van der Waals surface area contributed by atoms with Gasteiger partial charge >= 0.3 is 0 Å². The standard InChI is InChI=1S/C12H8F3NO3/c1-3-4-16-11(17)5-6(12(16)18)8(14)10(19-2)9(15)7(5)13/h3H,1,4H2,2H3. The molecule has 2 amide bonds. The first-order valence-corrected chi connectivity index (χ1v) is 5.17. The summed E-state index contributed by atoms with van der Waals surface area (Å²) in [5.74, 6) is -7.80. The number of amides is 2. The van der Waals surface area contributed by atoms with E-state index in [0.29, 0.717) is 4.90 Å². The highest BCUT2D eigenvalue weighted by Gasteiger charge is 2.43. The zero-order valence-corrected chi connectivity index (χ0v) is 9.80. The van der Waals surface area contributed by atoms with E-state index in [0.717, 1.165) is 7.11 Å². The van der Waals surface area contributed by atoms with E-state index in [4.69, 9.17) is 0 Å². The number of carbonyl (C=O) groups is 2. The Kier molecular flexibility index (Phi) is 3.05. The minimum Gasteiger partial charge on any atom is -0.491 e. The van der Waals surface area contributed by atoms with Crippen LogP contribution in [-0.4, -0.2) is 30.4 Å². The molecule has 0 radical (unpaired) electrons. The SMILES string of the molecule is C=CCN1C(=O)c2c(F)c(F)c(OC)c(F)c2C1=O. The van der Waals surface area contributed by atoms with E-state index in [1.54, 1.807) is 0 Å². The molecule has 1 aromatic carbocycles. The molecule has 1 aromatic rings. The molecule has 1 aliphatic rings. The molecule has 0 spiro atoms. The van der Waals surface area contributed by atoms with Gasteiger partial charge in [0, 0.05) is 6.54 Å². The van der Waals surface area contributed by atoms with Gasteiger partial charge in [0.1, 0.15) is 0 Å². The minimum atomic E-state index is -1.64. The number of nitrogens with zero attached hydrogens (tertiary/aromatic N) is 1. The summed E-state index contributed by atoms with van der Waals surface area (Å²) < 4.78 is 45.5. The zero-order valence-electron chi connectivity index (χ0n) is 9.80. The van der Waals surface area contributed by atoms with E-state index in [9.17, 15) is 22.8 Å². The molecule has 19 heavy (non-hydrogen) atoms. The Hall–Kier alpha value is -2.31. The summed E-state index contributed by atoms with van der Waals surface area (Å²) in [4.78, 5) is 24.2. The van der Waals surface area contributed by atoms with Crippen LogP contribution in [0.4, 0.5) is 13.2 Å². The average Bonchev–Trinajstić information content (AvgIpc) is 2.62. The van der Waals surface area contributed by atoms with Crippen LogP contribution >= 0.6 is 0 Å². The number of rotatable bonds is 3. The molecule has 0 atom stereocenters.